The van der Waals surface area contributed by atoms with E-state index in [1.165, 1.54) is 47.1 Å². The Labute approximate surface area is 248 Å². The molecule has 0 spiro atoms. The molecule has 1 amide bonds. The quantitative estimate of drug-likeness (QED) is 0.214. The first-order valence-corrected chi connectivity index (χ1v) is 14.8. The van der Waals surface area contributed by atoms with Gasteiger partial charge >= 0.3 is 6.18 Å². The molecule has 4 N–H and O–H groups in total. The van der Waals surface area contributed by atoms with Gasteiger partial charge < -0.3 is 10.4 Å². The molecule has 0 bridgehead atoms. The summed E-state index contributed by atoms with van der Waals surface area (Å²) in [6, 6.07) is 14.6. The molecule has 0 aliphatic carbocycles. The fourth-order valence-electron chi connectivity index (χ4n) is 4.55. The highest BCUT2D eigenvalue weighted by Gasteiger charge is 2.31. The predicted molar refractivity (Wildman–Crippen MR) is 159 cm³/mol. The number of primary sulfonamides is 1. The molecule has 0 saturated carbocycles. The summed E-state index contributed by atoms with van der Waals surface area (Å²) in [5.74, 6) is -0.451. The van der Waals surface area contributed by atoms with E-state index in [0.717, 1.165) is 12.1 Å². The molecule has 0 radical (unpaired) electrons. The second-order valence-corrected chi connectivity index (χ2v) is 13.9. The molecular weight excluding hydrogens is 581 g/mol. The number of nitrogens with two attached hydrogens (primary N) is 1. The van der Waals surface area contributed by atoms with E-state index in [0.29, 0.717) is 33.8 Å². The van der Waals surface area contributed by atoms with Gasteiger partial charge in [0.1, 0.15) is 5.75 Å². The summed E-state index contributed by atoms with van der Waals surface area (Å²) in [6.45, 7) is 11.7. The van der Waals surface area contributed by atoms with Crippen molar-refractivity contribution in [2.75, 3.05) is 5.32 Å². The van der Waals surface area contributed by atoms with Crippen LogP contribution in [0.4, 0.5) is 18.9 Å². The van der Waals surface area contributed by atoms with Gasteiger partial charge in [-0.3, -0.25) is 4.79 Å². The van der Waals surface area contributed by atoms with Crippen LogP contribution in [0.25, 0.3) is 16.9 Å². The third-order valence-electron chi connectivity index (χ3n) is 6.84. The highest BCUT2D eigenvalue weighted by atomic mass is 32.2. The zero-order valence-corrected chi connectivity index (χ0v) is 25.4. The summed E-state index contributed by atoms with van der Waals surface area (Å²) in [7, 11) is -3.98. The van der Waals surface area contributed by atoms with Gasteiger partial charge in [0, 0.05) is 22.4 Å². The van der Waals surface area contributed by atoms with Gasteiger partial charge in [0.25, 0.3) is 5.91 Å². The van der Waals surface area contributed by atoms with Gasteiger partial charge in [-0.15, -0.1) is 0 Å². The molecule has 0 atom stereocenters. The average Bonchev–Trinajstić information content (AvgIpc) is 3.33. The van der Waals surface area contributed by atoms with Crippen LogP contribution in [-0.4, -0.2) is 29.2 Å². The number of sulfonamides is 1. The van der Waals surface area contributed by atoms with Gasteiger partial charge in [-0.25, -0.2) is 18.2 Å². The lowest BCUT2D eigenvalue weighted by atomic mass is 9.79. The summed E-state index contributed by atoms with van der Waals surface area (Å²) in [5.41, 5.74) is 0.918. The second kappa shape index (κ2) is 10.8. The highest BCUT2D eigenvalue weighted by molar-refractivity contribution is 7.89. The van der Waals surface area contributed by atoms with Gasteiger partial charge in [-0.2, -0.15) is 18.3 Å². The summed E-state index contributed by atoms with van der Waals surface area (Å²) in [4.78, 5) is 13.4. The van der Waals surface area contributed by atoms with Crippen LogP contribution in [0.3, 0.4) is 0 Å². The van der Waals surface area contributed by atoms with Crippen LogP contribution < -0.4 is 10.5 Å². The van der Waals surface area contributed by atoms with E-state index in [9.17, 15) is 31.5 Å². The Bertz CT molecular complexity index is 1750. The van der Waals surface area contributed by atoms with Gasteiger partial charge in [-0.05, 0) is 65.4 Å². The Kier molecular flexibility index (Phi) is 8.01. The van der Waals surface area contributed by atoms with Crippen LogP contribution in [0.15, 0.2) is 71.6 Å². The van der Waals surface area contributed by atoms with Crippen molar-refractivity contribution in [2.45, 2.75) is 63.4 Å². The summed E-state index contributed by atoms with van der Waals surface area (Å²) in [5, 5.41) is 23.5. The Balaban J connectivity index is 1.81. The van der Waals surface area contributed by atoms with Gasteiger partial charge in [0.05, 0.1) is 21.8 Å². The molecule has 228 valence electrons. The van der Waals surface area contributed by atoms with Crippen molar-refractivity contribution in [1.29, 1.82) is 0 Å². The van der Waals surface area contributed by atoms with Crippen LogP contribution in [-0.2, 0) is 27.0 Å². The molecule has 3 aromatic carbocycles. The molecule has 0 unspecified atom stereocenters. The zero-order chi connectivity index (χ0) is 32.1. The number of carbonyl (C=O) groups excluding carboxylic acids is 1. The first-order chi connectivity index (χ1) is 19.7. The molecule has 1 aromatic heterocycles. The molecular formula is C31H33F3N4O4S. The number of hydrogen-bond donors (Lipinski definition) is 3. The van der Waals surface area contributed by atoms with Crippen LogP contribution in [0.1, 0.15) is 68.7 Å². The zero-order valence-electron chi connectivity index (χ0n) is 24.5. The number of nitrogens with one attached hydrogen (secondary N) is 1. The molecule has 43 heavy (non-hydrogen) atoms. The number of aromatic nitrogens is 2. The molecule has 1 heterocycles. The van der Waals surface area contributed by atoms with Crippen molar-refractivity contribution < 1.29 is 31.5 Å². The number of nitrogens with zero attached hydrogens (tertiary/aromatic N) is 2. The lowest BCUT2D eigenvalue weighted by molar-refractivity contribution is -0.137. The highest BCUT2D eigenvalue weighted by Crippen LogP contribution is 2.41. The Morgan fingerprint density at radius 1 is 0.860 bits per heavy atom. The number of carbonyl (C=O) groups is 1. The van der Waals surface area contributed by atoms with Crippen molar-refractivity contribution in [2.24, 2.45) is 5.14 Å². The minimum Gasteiger partial charge on any atom is -0.507 e. The van der Waals surface area contributed by atoms with E-state index in [4.69, 9.17) is 5.14 Å². The Morgan fingerprint density at radius 2 is 1.37 bits per heavy atom. The van der Waals surface area contributed by atoms with Crippen LogP contribution in [0, 0.1) is 0 Å². The number of benzene rings is 3. The molecule has 0 aliphatic heterocycles. The summed E-state index contributed by atoms with van der Waals surface area (Å²) >= 11 is 0. The largest absolute Gasteiger partial charge is 0.507 e. The van der Waals surface area contributed by atoms with Crippen molar-refractivity contribution in [1.82, 2.24) is 9.78 Å². The van der Waals surface area contributed by atoms with Crippen molar-refractivity contribution in [3.8, 4) is 22.7 Å². The van der Waals surface area contributed by atoms with Crippen molar-refractivity contribution in [3.05, 3.63) is 89.1 Å². The fourth-order valence-corrected chi connectivity index (χ4v) is 5.06. The van der Waals surface area contributed by atoms with E-state index in [-0.39, 0.29) is 16.3 Å². The molecule has 0 fully saturated rings. The average molecular weight is 615 g/mol. The first-order valence-electron chi connectivity index (χ1n) is 13.3. The van der Waals surface area contributed by atoms with E-state index in [1.807, 2.05) is 41.5 Å². The number of amides is 1. The van der Waals surface area contributed by atoms with E-state index in [2.05, 4.69) is 10.4 Å². The second-order valence-electron chi connectivity index (χ2n) is 12.3. The molecule has 4 rings (SSSR count). The maximum Gasteiger partial charge on any atom is 0.416 e. The number of phenols is 1. The minimum atomic E-state index is -4.53. The number of alkyl halides is 3. The van der Waals surface area contributed by atoms with Gasteiger partial charge in [0.2, 0.25) is 10.0 Å². The number of hydrogen-bond acceptors (Lipinski definition) is 5. The van der Waals surface area contributed by atoms with E-state index < -0.39 is 38.5 Å². The smallest absolute Gasteiger partial charge is 0.416 e. The lowest BCUT2D eigenvalue weighted by Gasteiger charge is -2.28. The fraction of sp³-hybridized carbons (Fsp3) is 0.290. The molecule has 8 nitrogen and oxygen atoms in total. The van der Waals surface area contributed by atoms with Gasteiger partial charge in [-0.1, -0.05) is 53.7 Å². The number of phenolic OH excluding ortho intramolecular Hbond substituents is 1. The third-order valence-corrected chi connectivity index (χ3v) is 7.77. The van der Waals surface area contributed by atoms with Crippen LogP contribution in [0.5, 0.6) is 5.75 Å². The molecule has 0 saturated heterocycles. The maximum atomic E-state index is 13.5. The normalized spacial score (nSPS) is 12.8. The molecule has 12 heteroatoms. The predicted octanol–water partition coefficient (Wildman–Crippen LogP) is 6.76. The van der Waals surface area contributed by atoms with Crippen molar-refractivity contribution >= 4 is 21.6 Å². The van der Waals surface area contributed by atoms with E-state index >= 15 is 0 Å². The maximum absolute atomic E-state index is 13.5. The van der Waals surface area contributed by atoms with Gasteiger partial charge in [0.15, 0.2) is 5.69 Å². The summed E-state index contributed by atoms with van der Waals surface area (Å²) in [6.07, 6.45) is -4.53. The Hall–Kier alpha value is -4.16. The van der Waals surface area contributed by atoms with Crippen LogP contribution >= 0.6 is 0 Å². The third kappa shape index (κ3) is 6.91. The molecule has 4 aromatic rings. The SMILES string of the molecule is CC(C)(C)c1cc(NC(=O)c2cc(-c3ccc(C(F)(F)F)cc3)n(-c3ccc(S(N)(=O)=O)cc3)n2)cc(C(C)(C)C)c1O. The monoisotopic (exact) mass is 614 g/mol. The standard InChI is InChI=1S/C31H33F3N4O4S/c1-29(2,3)23-15-20(16-24(27(23)39)30(4,5)6)36-28(40)25-17-26(18-7-9-19(10-8-18)31(32,33)34)38(37-25)21-11-13-22(14-12-21)43(35,41)42/h7-17,39H,1-6H3,(H,36,40)(H2,35,41,42). The van der Waals surface area contributed by atoms with Crippen molar-refractivity contribution in [3.63, 3.8) is 0 Å². The first kappa shape index (κ1) is 31.8. The number of rotatable bonds is 5. The van der Waals surface area contributed by atoms with E-state index in [1.54, 1.807) is 12.1 Å². The summed E-state index contributed by atoms with van der Waals surface area (Å²) < 4.78 is 64.4. The topological polar surface area (TPSA) is 127 Å². The number of anilines is 1. The Morgan fingerprint density at radius 3 is 1.81 bits per heavy atom. The number of halogens is 3. The minimum absolute atomic E-state index is 0.0480. The molecule has 0 aliphatic rings. The lowest BCUT2D eigenvalue weighted by Crippen LogP contribution is -2.19. The number of aromatic hydroxyl groups is 1. The van der Waals surface area contributed by atoms with Crippen LogP contribution in [0.2, 0.25) is 0 Å².